The number of ketones is 1. The van der Waals surface area contributed by atoms with Gasteiger partial charge in [-0.25, -0.2) is 9.18 Å². The van der Waals surface area contributed by atoms with E-state index < -0.39 is 23.4 Å². The Morgan fingerprint density at radius 1 is 1.41 bits per heavy atom. The second kappa shape index (κ2) is 4.27. The van der Waals surface area contributed by atoms with Crippen LogP contribution in [0.4, 0.5) is 9.18 Å². The van der Waals surface area contributed by atoms with Gasteiger partial charge >= 0.3 is 6.09 Å². The minimum atomic E-state index is -1.17. The molecule has 4 nitrogen and oxygen atoms in total. The molecule has 1 rings (SSSR count). The Kier molecular flexibility index (Phi) is 3.50. The number of ether oxygens (including phenoxy) is 1. The molecule has 1 heterocycles. The minimum Gasteiger partial charge on any atom is -0.444 e. The van der Waals surface area contributed by atoms with Crippen molar-refractivity contribution < 1.29 is 18.7 Å². The predicted molar refractivity (Wildman–Crippen MR) is 61.5 cm³/mol. The normalized spacial score (nSPS) is 29.3. The highest BCUT2D eigenvalue weighted by atomic mass is 19.1. The minimum absolute atomic E-state index is 0.0432. The van der Waals surface area contributed by atoms with Crippen LogP contribution in [0, 0.1) is 0 Å². The van der Waals surface area contributed by atoms with Crippen LogP contribution in [0.15, 0.2) is 0 Å². The van der Waals surface area contributed by atoms with Crippen molar-refractivity contribution in [2.75, 3.05) is 6.54 Å². The maximum Gasteiger partial charge on any atom is 0.411 e. The lowest BCUT2D eigenvalue weighted by Crippen LogP contribution is -2.51. The average Bonchev–Trinajstić information content (AvgIpc) is 2.40. The highest BCUT2D eigenvalue weighted by Crippen LogP contribution is 2.33. The van der Waals surface area contributed by atoms with Crippen molar-refractivity contribution in [1.29, 1.82) is 0 Å². The molecule has 0 aromatic carbocycles. The number of carbonyl (C=O) groups excluding carboxylic acids is 2. The monoisotopic (exact) mass is 245 g/mol. The van der Waals surface area contributed by atoms with Gasteiger partial charge in [0.25, 0.3) is 0 Å². The predicted octanol–water partition coefficient (Wildman–Crippen LogP) is 2.31. The largest absolute Gasteiger partial charge is 0.444 e. The van der Waals surface area contributed by atoms with E-state index in [4.69, 9.17) is 4.74 Å². The molecule has 98 valence electrons. The molecule has 17 heavy (non-hydrogen) atoms. The summed E-state index contributed by atoms with van der Waals surface area (Å²) in [6.07, 6.45) is -1.76. The molecule has 2 atom stereocenters. The van der Waals surface area contributed by atoms with E-state index in [9.17, 15) is 14.0 Å². The average molecular weight is 245 g/mol. The van der Waals surface area contributed by atoms with Gasteiger partial charge in [0.1, 0.15) is 17.3 Å². The molecule has 1 fully saturated rings. The third kappa shape index (κ3) is 2.96. The fraction of sp³-hybridized carbons (Fsp3) is 0.833. The molecule has 1 amide bonds. The number of alkyl halides is 1. The van der Waals surface area contributed by atoms with E-state index in [0.717, 1.165) is 0 Å². The smallest absolute Gasteiger partial charge is 0.411 e. The van der Waals surface area contributed by atoms with Crippen LogP contribution in [0.3, 0.4) is 0 Å². The fourth-order valence-electron chi connectivity index (χ4n) is 1.93. The van der Waals surface area contributed by atoms with E-state index in [2.05, 4.69) is 0 Å². The number of hydrogen-bond donors (Lipinski definition) is 0. The maximum absolute atomic E-state index is 13.4. The summed E-state index contributed by atoms with van der Waals surface area (Å²) in [6, 6.07) is 0. The summed E-state index contributed by atoms with van der Waals surface area (Å²) in [4.78, 5) is 24.7. The number of carbonyl (C=O) groups is 2. The second-order valence-corrected chi connectivity index (χ2v) is 5.72. The first-order valence-corrected chi connectivity index (χ1v) is 5.72. The number of rotatable bonds is 1. The lowest BCUT2D eigenvalue weighted by Gasteiger charge is -2.33. The molecule has 5 heteroatoms. The molecule has 1 aliphatic rings. The van der Waals surface area contributed by atoms with Gasteiger partial charge in [0.05, 0.1) is 6.54 Å². The number of nitrogens with zero attached hydrogens (tertiary/aromatic N) is 1. The van der Waals surface area contributed by atoms with Gasteiger partial charge < -0.3 is 4.74 Å². The van der Waals surface area contributed by atoms with Crippen molar-refractivity contribution in [3.05, 3.63) is 0 Å². The van der Waals surface area contributed by atoms with Crippen molar-refractivity contribution in [3.63, 3.8) is 0 Å². The Hall–Kier alpha value is -1.13. The van der Waals surface area contributed by atoms with Gasteiger partial charge in [0.15, 0.2) is 5.78 Å². The van der Waals surface area contributed by atoms with E-state index in [-0.39, 0.29) is 18.7 Å². The fourth-order valence-corrected chi connectivity index (χ4v) is 1.93. The zero-order chi connectivity index (χ0) is 13.4. The lowest BCUT2D eigenvalue weighted by molar-refractivity contribution is -0.126. The van der Waals surface area contributed by atoms with Gasteiger partial charge in [0, 0.05) is 6.42 Å². The Labute approximate surface area is 101 Å². The van der Waals surface area contributed by atoms with Gasteiger partial charge in [0.2, 0.25) is 0 Å². The quantitative estimate of drug-likeness (QED) is 0.712. The van der Waals surface area contributed by atoms with Crippen LogP contribution in [0.25, 0.3) is 0 Å². The molecule has 0 aromatic heterocycles. The molecule has 0 aliphatic carbocycles. The highest BCUT2D eigenvalue weighted by molar-refractivity contribution is 5.90. The summed E-state index contributed by atoms with van der Waals surface area (Å²) in [5.74, 6) is -0.219. The van der Waals surface area contributed by atoms with Crippen molar-refractivity contribution in [2.24, 2.45) is 0 Å². The Morgan fingerprint density at radius 3 is 2.35 bits per heavy atom. The van der Waals surface area contributed by atoms with Crippen LogP contribution in [0.2, 0.25) is 0 Å². The van der Waals surface area contributed by atoms with Crippen LogP contribution in [0.5, 0.6) is 0 Å². The van der Waals surface area contributed by atoms with E-state index in [1.807, 2.05) is 0 Å². The van der Waals surface area contributed by atoms with Crippen LogP contribution in [-0.2, 0) is 9.53 Å². The lowest BCUT2D eigenvalue weighted by atomic mass is 9.94. The zero-order valence-corrected chi connectivity index (χ0v) is 11.0. The van der Waals surface area contributed by atoms with Crippen molar-refractivity contribution in [3.8, 4) is 0 Å². The molecule has 0 spiro atoms. The summed E-state index contributed by atoms with van der Waals surface area (Å²) < 4.78 is 18.6. The molecule has 1 aliphatic heterocycles. The number of halogens is 1. The van der Waals surface area contributed by atoms with E-state index in [1.54, 1.807) is 27.7 Å². The first-order valence-electron chi connectivity index (χ1n) is 5.72. The topological polar surface area (TPSA) is 46.6 Å². The summed E-state index contributed by atoms with van der Waals surface area (Å²) in [6.45, 7) is 8.08. The Morgan fingerprint density at radius 2 is 1.94 bits per heavy atom. The number of hydrogen-bond acceptors (Lipinski definition) is 3. The van der Waals surface area contributed by atoms with Gasteiger partial charge in [-0.15, -0.1) is 0 Å². The summed E-state index contributed by atoms with van der Waals surface area (Å²) in [7, 11) is 0. The molecule has 1 saturated heterocycles. The van der Waals surface area contributed by atoms with Gasteiger partial charge in [-0.3, -0.25) is 9.69 Å². The Bertz CT molecular complexity index is 337. The van der Waals surface area contributed by atoms with Gasteiger partial charge in [-0.05, 0) is 34.6 Å². The summed E-state index contributed by atoms with van der Waals surface area (Å²) >= 11 is 0. The first-order chi connectivity index (χ1) is 7.56. The molecule has 0 bridgehead atoms. The zero-order valence-electron chi connectivity index (χ0n) is 11.0. The summed E-state index contributed by atoms with van der Waals surface area (Å²) in [5, 5.41) is 0. The van der Waals surface area contributed by atoms with Crippen molar-refractivity contribution in [1.82, 2.24) is 4.90 Å². The van der Waals surface area contributed by atoms with Gasteiger partial charge in [-0.1, -0.05) is 0 Å². The van der Waals surface area contributed by atoms with E-state index >= 15 is 0 Å². The van der Waals surface area contributed by atoms with Crippen molar-refractivity contribution in [2.45, 2.75) is 58.4 Å². The van der Waals surface area contributed by atoms with E-state index in [0.29, 0.717) is 0 Å². The second-order valence-electron chi connectivity index (χ2n) is 5.72. The number of Topliss-reactive ketones (excluding diaryl/α,β-unsaturated/α-hetero) is 1. The number of amides is 1. The molecular weight excluding hydrogens is 225 g/mol. The standard InChI is InChI=1S/C12H20FNO3/c1-8(15)12(5)6-9(13)7-14(12)10(16)17-11(2,3)4/h9H,6-7H2,1-5H3/t9-,12+/m0/s1. The third-order valence-electron chi connectivity index (χ3n) is 2.97. The maximum atomic E-state index is 13.4. The molecule has 0 aromatic rings. The third-order valence-corrected chi connectivity index (χ3v) is 2.97. The van der Waals surface area contributed by atoms with E-state index in [1.165, 1.54) is 11.8 Å². The van der Waals surface area contributed by atoms with Crippen LogP contribution >= 0.6 is 0 Å². The molecule has 0 unspecified atom stereocenters. The SMILES string of the molecule is CC(=O)[C@@]1(C)C[C@H](F)CN1C(=O)OC(C)(C)C. The Balaban J connectivity index is 2.88. The van der Waals surface area contributed by atoms with Crippen LogP contribution in [-0.4, -0.2) is 40.6 Å². The molecule has 0 saturated carbocycles. The summed E-state index contributed by atoms with van der Waals surface area (Å²) in [5.41, 5.74) is -1.73. The van der Waals surface area contributed by atoms with Crippen LogP contribution in [0.1, 0.15) is 41.0 Å². The molecule has 0 N–H and O–H groups in total. The number of likely N-dealkylation sites (tertiary alicyclic amines) is 1. The molecule has 0 radical (unpaired) electrons. The van der Waals surface area contributed by atoms with Crippen molar-refractivity contribution >= 4 is 11.9 Å². The highest BCUT2D eigenvalue weighted by Gasteiger charge is 2.49. The van der Waals surface area contributed by atoms with Crippen LogP contribution < -0.4 is 0 Å². The van der Waals surface area contributed by atoms with Gasteiger partial charge in [-0.2, -0.15) is 0 Å². The first kappa shape index (κ1) is 13.9. The molecular formula is C12H20FNO3.